The van der Waals surface area contributed by atoms with Crippen LogP contribution in [0.1, 0.15) is 0 Å². The van der Waals surface area contributed by atoms with Crippen molar-refractivity contribution >= 4 is 17.4 Å². The van der Waals surface area contributed by atoms with Gasteiger partial charge in [-0.25, -0.2) is 0 Å². The molecule has 2 rings (SSSR count). The minimum Gasteiger partial charge on any atom is -0.497 e. The molecule has 2 aromatic rings. The average Bonchev–Trinajstić information content (AvgIpc) is 2.58. The average molecular weight is 235 g/mol. The zero-order chi connectivity index (χ0) is 11.5. The molecule has 0 saturated heterocycles. The third-order valence-electron chi connectivity index (χ3n) is 2.08. The highest BCUT2D eigenvalue weighted by Gasteiger charge is 2.06. The van der Waals surface area contributed by atoms with Crippen LogP contribution in [0.3, 0.4) is 0 Å². The van der Waals surface area contributed by atoms with Crippen LogP contribution in [0.15, 0.2) is 40.4 Å². The first-order chi connectivity index (χ1) is 7.69. The Morgan fingerprint density at radius 3 is 2.88 bits per heavy atom. The Kier molecular flexibility index (Phi) is 3.05. The first-order valence-corrected chi connectivity index (χ1v) is 5.61. The Morgan fingerprint density at radius 2 is 2.25 bits per heavy atom. The fourth-order valence-corrected chi connectivity index (χ4v) is 2.23. The summed E-state index contributed by atoms with van der Waals surface area (Å²) in [7, 11) is 3.50. The molecule has 0 aliphatic rings. The van der Waals surface area contributed by atoms with E-state index in [-0.39, 0.29) is 0 Å². The van der Waals surface area contributed by atoms with Crippen LogP contribution < -0.4 is 10.5 Å². The number of benzene rings is 1. The quantitative estimate of drug-likeness (QED) is 0.885. The van der Waals surface area contributed by atoms with Gasteiger partial charge < -0.3 is 10.5 Å². The van der Waals surface area contributed by atoms with E-state index >= 15 is 0 Å². The standard InChI is InChI=1S/C11H13N3OS/c1-14-7-10(12)11(13-14)16-9-5-3-4-8(6-9)15-2/h3-7H,12H2,1-2H3. The number of aryl methyl sites for hydroxylation is 1. The second-order valence-corrected chi connectivity index (χ2v) is 4.41. The second kappa shape index (κ2) is 4.49. The van der Waals surface area contributed by atoms with Gasteiger partial charge in [0.15, 0.2) is 0 Å². The van der Waals surface area contributed by atoms with Crippen molar-refractivity contribution in [2.75, 3.05) is 12.8 Å². The van der Waals surface area contributed by atoms with Crippen LogP contribution in [0.4, 0.5) is 5.69 Å². The van der Waals surface area contributed by atoms with Gasteiger partial charge in [0.05, 0.1) is 12.8 Å². The van der Waals surface area contributed by atoms with Gasteiger partial charge in [0.25, 0.3) is 0 Å². The predicted octanol–water partition coefficient (Wildman–Crippen LogP) is 2.16. The molecule has 0 aliphatic carbocycles. The van der Waals surface area contributed by atoms with E-state index in [0.29, 0.717) is 5.69 Å². The molecule has 2 N–H and O–H groups in total. The van der Waals surface area contributed by atoms with Crippen LogP contribution in [0, 0.1) is 0 Å². The fourth-order valence-electron chi connectivity index (χ4n) is 1.34. The van der Waals surface area contributed by atoms with Crippen molar-refractivity contribution in [2.24, 2.45) is 7.05 Å². The first kappa shape index (κ1) is 10.9. The van der Waals surface area contributed by atoms with Gasteiger partial charge in [-0.15, -0.1) is 0 Å². The van der Waals surface area contributed by atoms with E-state index in [1.165, 1.54) is 11.8 Å². The zero-order valence-electron chi connectivity index (χ0n) is 9.18. The van der Waals surface area contributed by atoms with Gasteiger partial charge in [-0.1, -0.05) is 17.8 Å². The number of rotatable bonds is 3. The van der Waals surface area contributed by atoms with Gasteiger partial charge in [-0.2, -0.15) is 5.10 Å². The third kappa shape index (κ3) is 2.30. The van der Waals surface area contributed by atoms with Crippen LogP contribution in [0.5, 0.6) is 5.75 Å². The number of nitrogens with two attached hydrogens (primary N) is 1. The summed E-state index contributed by atoms with van der Waals surface area (Å²) < 4.78 is 6.86. The number of methoxy groups -OCH3 is 1. The molecule has 0 amide bonds. The molecule has 5 heteroatoms. The maximum Gasteiger partial charge on any atom is 0.146 e. The molecule has 0 aliphatic heterocycles. The topological polar surface area (TPSA) is 53.1 Å². The van der Waals surface area contributed by atoms with Gasteiger partial charge in [-0.05, 0) is 18.2 Å². The highest BCUT2D eigenvalue weighted by Crippen LogP contribution is 2.32. The van der Waals surface area contributed by atoms with E-state index in [4.69, 9.17) is 10.5 Å². The van der Waals surface area contributed by atoms with Gasteiger partial charge >= 0.3 is 0 Å². The Morgan fingerprint density at radius 1 is 1.44 bits per heavy atom. The zero-order valence-corrected chi connectivity index (χ0v) is 9.99. The van der Waals surface area contributed by atoms with Gasteiger partial charge in [0.1, 0.15) is 10.8 Å². The molecule has 16 heavy (non-hydrogen) atoms. The summed E-state index contributed by atoms with van der Waals surface area (Å²) in [6.45, 7) is 0. The lowest BCUT2D eigenvalue weighted by Gasteiger charge is -2.02. The minimum atomic E-state index is 0.690. The molecule has 0 unspecified atom stereocenters. The van der Waals surface area contributed by atoms with E-state index < -0.39 is 0 Å². The smallest absolute Gasteiger partial charge is 0.146 e. The van der Waals surface area contributed by atoms with Crippen molar-refractivity contribution < 1.29 is 4.74 Å². The van der Waals surface area contributed by atoms with Crippen molar-refractivity contribution in [3.8, 4) is 5.75 Å². The molecule has 0 bridgehead atoms. The lowest BCUT2D eigenvalue weighted by molar-refractivity contribution is 0.413. The maximum atomic E-state index is 5.82. The number of anilines is 1. The molecule has 1 aromatic heterocycles. The molecule has 84 valence electrons. The maximum absolute atomic E-state index is 5.82. The SMILES string of the molecule is COc1cccc(Sc2nn(C)cc2N)c1. The van der Waals surface area contributed by atoms with E-state index in [1.54, 1.807) is 18.0 Å². The van der Waals surface area contributed by atoms with Crippen molar-refractivity contribution in [3.05, 3.63) is 30.5 Å². The molecular formula is C11H13N3OS. The summed E-state index contributed by atoms with van der Waals surface area (Å²) in [6, 6.07) is 7.81. The molecule has 0 fully saturated rings. The number of hydrogen-bond donors (Lipinski definition) is 1. The van der Waals surface area contributed by atoms with Crippen molar-refractivity contribution in [1.29, 1.82) is 0 Å². The highest BCUT2D eigenvalue weighted by molar-refractivity contribution is 7.99. The van der Waals surface area contributed by atoms with Crippen LogP contribution in [-0.4, -0.2) is 16.9 Å². The normalized spacial score (nSPS) is 10.4. The van der Waals surface area contributed by atoms with Crippen molar-refractivity contribution in [3.63, 3.8) is 0 Å². The molecule has 0 saturated carbocycles. The van der Waals surface area contributed by atoms with E-state index in [1.807, 2.05) is 31.3 Å². The molecular weight excluding hydrogens is 222 g/mol. The summed E-state index contributed by atoms with van der Waals surface area (Å²) in [4.78, 5) is 1.06. The number of aromatic nitrogens is 2. The molecule has 1 heterocycles. The summed E-state index contributed by atoms with van der Waals surface area (Å²) >= 11 is 1.53. The number of ether oxygens (including phenoxy) is 1. The lowest BCUT2D eigenvalue weighted by Crippen LogP contribution is -1.87. The first-order valence-electron chi connectivity index (χ1n) is 4.80. The summed E-state index contributed by atoms with van der Waals surface area (Å²) in [5.41, 5.74) is 6.51. The third-order valence-corrected chi connectivity index (χ3v) is 3.08. The van der Waals surface area contributed by atoms with Crippen molar-refractivity contribution in [2.45, 2.75) is 9.92 Å². The highest BCUT2D eigenvalue weighted by atomic mass is 32.2. The Bertz CT molecular complexity index is 496. The van der Waals surface area contributed by atoms with Crippen LogP contribution >= 0.6 is 11.8 Å². The fraction of sp³-hybridized carbons (Fsp3) is 0.182. The largest absolute Gasteiger partial charge is 0.497 e. The lowest BCUT2D eigenvalue weighted by atomic mass is 10.3. The minimum absolute atomic E-state index is 0.690. The van der Waals surface area contributed by atoms with E-state index in [2.05, 4.69) is 5.10 Å². The number of hydrogen-bond acceptors (Lipinski definition) is 4. The molecule has 1 aromatic carbocycles. The predicted molar refractivity (Wildman–Crippen MR) is 64.7 cm³/mol. The van der Waals surface area contributed by atoms with Gasteiger partial charge in [0, 0.05) is 18.1 Å². The summed E-state index contributed by atoms with van der Waals surface area (Å²) in [5, 5.41) is 5.09. The number of nitrogens with zero attached hydrogens (tertiary/aromatic N) is 2. The molecule has 0 radical (unpaired) electrons. The van der Waals surface area contributed by atoms with Gasteiger partial charge in [-0.3, -0.25) is 4.68 Å². The Hall–Kier alpha value is -1.62. The van der Waals surface area contributed by atoms with E-state index in [0.717, 1.165) is 15.7 Å². The second-order valence-electron chi connectivity index (χ2n) is 3.34. The van der Waals surface area contributed by atoms with E-state index in [9.17, 15) is 0 Å². The van der Waals surface area contributed by atoms with Crippen LogP contribution in [-0.2, 0) is 7.05 Å². The summed E-state index contributed by atoms with van der Waals surface area (Å²) in [6.07, 6.45) is 1.79. The molecule has 0 spiro atoms. The number of nitrogen functional groups attached to an aromatic ring is 1. The monoisotopic (exact) mass is 235 g/mol. The van der Waals surface area contributed by atoms with Crippen molar-refractivity contribution in [1.82, 2.24) is 9.78 Å². The summed E-state index contributed by atoms with van der Waals surface area (Å²) in [5.74, 6) is 0.833. The Balaban J connectivity index is 2.23. The van der Waals surface area contributed by atoms with Gasteiger partial charge in [0.2, 0.25) is 0 Å². The molecule has 0 atom stereocenters. The molecule has 4 nitrogen and oxygen atoms in total. The van der Waals surface area contributed by atoms with Crippen LogP contribution in [0.2, 0.25) is 0 Å². The Labute approximate surface area is 98.4 Å². The van der Waals surface area contributed by atoms with Crippen LogP contribution in [0.25, 0.3) is 0 Å².